The van der Waals surface area contributed by atoms with Gasteiger partial charge in [0.2, 0.25) is 0 Å². The third-order valence-electron chi connectivity index (χ3n) is 1.25. The van der Waals surface area contributed by atoms with Gasteiger partial charge in [0, 0.05) is 6.92 Å². The molecule has 0 aliphatic heterocycles. The summed E-state index contributed by atoms with van der Waals surface area (Å²) in [4.78, 5) is 9.00. The number of aliphatic hydroxyl groups is 1. The molecule has 0 unspecified atom stereocenters. The Morgan fingerprint density at radius 3 is 2.23 bits per heavy atom. The molecule has 78 valence electrons. The largest absolute Gasteiger partial charge is 0.481 e. The van der Waals surface area contributed by atoms with Gasteiger partial charge in [0.15, 0.2) is 0 Å². The normalized spacial score (nSPS) is 9.46. The van der Waals surface area contributed by atoms with Crippen LogP contribution in [0.25, 0.3) is 0 Å². The minimum Gasteiger partial charge on any atom is -0.481 e. The number of aliphatic hydroxyl groups excluding tert-OH is 1. The minimum atomic E-state index is -0.833. The number of unbranched alkanes of at least 4 members (excludes halogenated alkanes) is 3. The van der Waals surface area contributed by atoms with E-state index >= 15 is 0 Å². The molecule has 0 heterocycles. The molecule has 0 aromatic carbocycles. The second-order valence-electron chi connectivity index (χ2n) is 2.67. The minimum absolute atomic E-state index is 0.187. The fraction of sp³-hybridized carbons (Fsp3) is 0.700. The number of rotatable bonds is 5. The second kappa shape index (κ2) is 13.7. The van der Waals surface area contributed by atoms with Crippen molar-refractivity contribution in [2.75, 3.05) is 6.61 Å². The van der Waals surface area contributed by atoms with Gasteiger partial charge in [0.1, 0.15) is 0 Å². The van der Waals surface area contributed by atoms with Crippen LogP contribution in [0, 0.1) is 0 Å². The first kappa shape index (κ1) is 14.7. The van der Waals surface area contributed by atoms with E-state index in [1.54, 1.807) is 6.08 Å². The van der Waals surface area contributed by atoms with Crippen LogP contribution >= 0.6 is 0 Å². The molecule has 0 aliphatic carbocycles. The maximum atomic E-state index is 9.00. The topological polar surface area (TPSA) is 57.5 Å². The summed E-state index contributed by atoms with van der Waals surface area (Å²) in [5.74, 6) is -0.833. The zero-order chi connectivity index (χ0) is 10.5. The predicted molar refractivity (Wildman–Crippen MR) is 53.7 cm³/mol. The number of allylic oxidation sites excluding steroid dienone is 1. The lowest BCUT2D eigenvalue weighted by molar-refractivity contribution is -0.134. The van der Waals surface area contributed by atoms with Crippen molar-refractivity contribution in [3.8, 4) is 0 Å². The SMILES string of the molecule is CC(=O)O.CCCCC/C=C/CO. The van der Waals surface area contributed by atoms with Gasteiger partial charge in [-0.15, -0.1) is 0 Å². The van der Waals surface area contributed by atoms with Crippen molar-refractivity contribution in [3.63, 3.8) is 0 Å². The summed E-state index contributed by atoms with van der Waals surface area (Å²) in [7, 11) is 0. The predicted octanol–water partition coefficient (Wildman–Crippen LogP) is 2.21. The van der Waals surface area contributed by atoms with Gasteiger partial charge in [-0.2, -0.15) is 0 Å². The van der Waals surface area contributed by atoms with Gasteiger partial charge < -0.3 is 10.2 Å². The molecule has 0 spiro atoms. The molecule has 0 aliphatic rings. The fourth-order valence-corrected chi connectivity index (χ4v) is 0.705. The van der Waals surface area contributed by atoms with Crippen LogP contribution in [0.2, 0.25) is 0 Å². The van der Waals surface area contributed by atoms with Crippen molar-refractivity contribution in [1.29, 1.82) is 0 Å². The van der Waals surface area contributed by atoms with Crippen LogP contribution in [-0.4, -0.2) is 22.8 Å². The van der Waals surface area contributed by atoms with Gasteiger partial charge in [0.05, 0.1) is 6.61 Å². The van der Waals surface area contributed by atoms with Gasteiger partial charge in [-0.25, -0.2) is 0 Å². The fourth-order valence-electron chi connectivity index (χ4n) is 0.705. The summed E-state index contributed by atoms with van der Waals surface area (Å²) in [5.41, 5.74) is 0. The monoisotopic (exact) mass is 188 g/mol. The first-order valence-electron chi connectivity index (χ1n) is 4.60. The Bertz CT molecular complexity index is 126. The number of carboxylic acids is 1. The van der Waals surface area contributed by atoms with Crippen molar-refractivity contribution in [3.05, 3.63) is 12.2 Å². The molecule has 0 radical (unpaired) electrons. The molecule has 0 saturated carbocycles. The molecule has 0 aromatic rings. The van der Waals surface area contributed by atoms with Gasteiger partial charge in [0.25, 0.3) is 5.97 Å². The van der Waals surface area contributed by atoms with Crippen LogP contribution < -0.4 is 0 Å². The summed E-state index contributed by atoms with van der Waals surface area (Å²) in [6, 6.07) is 0. The molecule has 3 nitrogen and oxygen atoms in total. The molecule has 3 heteroatoms. The average Bonchev–Trinajstić information content (AvgIpc) is 2.03. The Hall–Kier alpha value is -0.830. The van der Waals surface area contributed by atoms with Crippen LogP contribution in [0.3, 0.4) is 0 Å². The van der Waals surface area contributed by atoms with Crippen molar-refractivity contribution >= 4 is 5.97 Å². The molecule has 0 amide bonds. The summed E-state index contributed by atoms with van der Waals surface area (Å²) >= 11 is 0. The zero-order valence-corrected chi connectivity index (χ0v) is 8.49. The first-order valence-corrected chi connectivity index (χ1v) is 4.60. The zero-order valence-electron chi connectivity index (χ0n) is 8.49. The van der Waals surface area contributed by atoms with E-state index in [9.17, 15) is 0 Å². The Morgan fingerprint density at radius 1 is 1.31 bits per heavy atom. The lowest BCUT2D eigenvalue weighted by Crippen LogP contribution is -1.78. The number of hydrogen-bond acceptors (Lipinski definition) is 2. The van der Waals surface area contributed by atoms with E-state index in [2.05, 4.69) is 6.92 Å². The third-order valence-corrected chi connectivity index (χ3v) is 1.25. The summed E-state index contributed by atoms with van der Waals surface area (Å²) in [6.07, 6.45) is 8.79. The molecule has 0 atom stereocenters. The van der Waals surface area contributed by atoms with Crippen LogP contribution in [0.4, 0.5) is 0 Å². The molecule has 0 rings (SSSR count). The highest BCUT2D eigenvalue weighted by molar-refractivity contribution is 5.62. The quantitative estimate of drug-likeness (QED) is 0.513. The number of hydrogen-bond donors (Lipinski definition) is 2. The average molecular weight is 188 g/mol. The molecule has 0 bridgehead atoms. The Kier molecular flexibility index (Phi) is 15.5. The van der Waals surface area contributed by atoms with E-state index in [1.165, 1.54) is 19.3 Å². The van der Waals surface area contributed by atoms with Crippen LogP contribution in [0.5, 0.6) is 0 Å². The van der Waals surface area contributed by atoms with E-state index in [-0.39, 0.29) is 6.61 Å². The Balaban J connectivity index is 0. The van der Waals surface area contributed by atoms with Gasteiger partial charge >= 0.3 is 0 Å². The summed E-state index contributed by atoms with van der Waals surface area (Å²) in [5, 5.41) is 15.8. The van der Waals surface area contributed by atoms with E-state index in [0.29, 0.717) is 0 Å². The maximum Gasteiger partial charge on any atom is 0.300 e. The highest BCUT2D eigenvalue weighted by atomic mass is 16.4. The Morgan fingerprint density at radius 2 is 1.85 bits per heavy atom. The van der Waals surface area contributed by atoms with E-state index in [4.69, 9.17) is 15.0 Å². The third kappa shape index (κ3) is 35.1. The lowest BCUT2D eigenvalue weighted by atomic mass is 10.2. The highest BCUT2D eigenvalue weighted by Gasteiger charge is 1.79. The molecule has 0 saturated heterocycles. The molecular weight excluding hydrogens is 168 g/mol. The van der Waals surface area contributed by atoms with Crippen molar-refractivity contribution in [2.24, 2.45) is 0 Å². The first-order chi connectivity index (χ1) is 6.15. The lowest BCUT2D eigenvalue weighted by Gasteiger charge is -1.89. The second-order valence-corrected chi connectivity index (χ2v) is 2.67. The van der Waals surface area contributed by atoms with Crippen LogP contribution in [-0.2, 0) is 4.79 Å². The van der Waals surface area contributed by atoms with Gasteiger partial charge in [-0.05, 0) is 12.8 Å². The number of carbonyl (C=O) groups is 1. The molecule has 0 aromatic heterocycles. The standard InChI is InChI=1S/C8H16O.C2H4O2/c1-2-3-4-5-6-7-8-9;1-2(3)4/h6-7,9H,2-5,8H2,1H3;1H3,(H,3,4)/b7-6+;. The number of carboxylic acid groups (broad SMARTS) is 1. The van der Waals surface area contributed by atoms with E-state index in [1.807, 2.05) is 6.08 Å². The summed E-state index contributed by atoms with van der Waals surface area (Å²) < 4.78 is 0. The molecular formula is C10H20O3. The molecule has 0 fully saturated rings. The van der Waals surface area contributed by atoms with Crippen LogP contribution in [0.15, 0.2) is 12.2 Å². The molecule has 13 heavy (non-hydrogen) atoms. The van der Waals surface area contributed by atoms with E-state index in [0.717, 1.165) is 13.3 Å². The van der Waals surface area contributed by atoms with Gasteiger partial charge in [-0.1, -0.05) is 31.9 Å². The van der Waals surface area contributed by atoms with Crippen molar-refractivity contribution in [1.82, 2.24) is 0 Å². The Labute approximate surface area is 80.1 Å². The van der Waals surface area contributed by atoms with Crippen molar-refractivity contribution in [2.45, 2.75) is 39.5 Å². The highest BCUT2D eigenvalue weighted by Crippen LogP contribution is 1.98. The van der Waals surface area contributed by atoms with Crippen molar-refractivity contribution < 1.29 is 15.0 Å². The maximum absolute atomic E-state index is 9.00. The number of aliphatic carboxylic acids is 1. The summed E-state index contributed by atoms with van der Waals surface area (Å²) in [6.45, 7) is 3.46. The smallest absolute Gasteiger partial charge is 0.300 e. The van der Waals surface area contributed by atoms with Crippen LogP contribution in [0.1, 0.15) is 39.5 Å². The van der Waals surface area contributed by atoms with E-state index < -0.39 is 5.97 Å². The molecule has 2 N–H and O–H groups in total. The van der Waals surface area contributed by atoms with Gasteiger partial charge in [-0.3, -0.25) is 4.79 Å².